The highest BCUT2D eigenvalue weighted by Crippen LogP contribution is 2.24. The van der Waals surface area contributed by atoms with E-state index in [4.69, 9.17) is 5.73 Å². The van der Waals surface area contributed by atoms with Crippen LogP contribution in [0.3, 0.4) is 0 Å². The van der Waals surface area contributed by atoms with Crippen LogP contribution in [0.25, 0.3) is 11.3 Å². The Hall–Kier alpha value is -1.26. The van der Waals surface area contributed by atoms with E-state index in [1.165, 1.54) is 4.90 Å². The molecule has 0 radical (unpaired) electrons. The molecule has 0 bridgehead atoms. The highest BCUT2D eigenvalue weighted by atomic mass is 32.2. The van der Waals surface area contributed by atoms with Crippen molar-refractivity contribution in [3.63, 3.8) is 0 Å². The molecule has 0 saturated heterocycles. The zero-order chi connectivity index (χ0) is 11.5. The second-order valence-electron chi connectivity index (χ2n) is 3.58. The van der Waals surface area contributed by atoms with Crippen molar-refractivity contribution in [2.45, 2.75) is 11.4 Å². The molecule has 0 fully saturated rings. The fourth-order valence-corrected chi connectivity index (χ4v) is 2.09. The fourth-order valence-electron chi connectivity index (χ4n) is 1.69. The van der Waals surface area contributed by atoms with Crippen LogP contribution in [0.5, 0.6) is 0 Å². The van der Waals surface area contributed by atoms with Gasteiger partial charge in [0.05, 0.1) is 17.7 Å². The maximum absolute atomic E-state index is 5.72. The highest BCUT2D eigenvalue weighted by Gasteiger charge is 2.08. The number of nitrogens with two attached hydrogens (primary N) is 1. The van der Waals surface area contributed by atoms with Gasteiger partial charge in [-0.1, -0.05) is 12.1 Å². The summed E-state index contributed by atoms with van der Waals surface area (Å²) in [7, 11) is 1.97. The number of nitrogens with zero attached hydrogens (tertiary/aromatic N) is 2. The predicted molar refractivity (Wildman–Crippen MR) is 68.3 cm³/mol. The maximum atomic E-state index is 5.72. The summed E-state index contributed by atoms with van der Waals surface area (Å²) in [5.74, 6) is 0. The van der Waals surface area contributed by atoms with Gasteiger partial charge in [-0.3, -0.25) is 0 Å². The van der Waals surface area contributed by atoms with Gasteiger partial charge in [-0.25, -0.2) is 4.98 Å². The molecule has 0 saturated carbocycles. The molecule has 84 valence electrons. The summed E-state index contributed by atoms with van der Waals surface area (Å²) < 4.78 is 1.97. The lowest BCUT2D eigenvalue weighted by Crippen LogP contribution is -2.04. The second kappa shape index (κ2) is 4.72. The number of aryl methyl sites for hydroxylation is 1. The minimum absolute atomic E-state index is 0.510. The molecule has 16 heavy (non-hydrogen) atoms. The lowest BCUT2D eigenvalue weighted by molar-refractivity contribution is 0.822. The van der Waals surface area contributed by atoms with Gasteiger partial charge in [0.15, 0.2) is 0 Å². The third-order valence-corrected chi connectivity index (χ3v) is 3.36. The molecule has 0 unspecified atom stereocenters. The summed E-state index contributed by atoms with van der Waals surface area (Å²) in [5, 5.41) is 0. The first-order chi connectivity index (χ1) is 7.76. The summed E-state index contributed by atoms with van der Waals surface area (Å²) in [4.78, 5) is 5.65. The average Bonchev–Trinajstić information content (AvgIpc) is 2.70. The van der Waals surface area contributed by atoms with E-state index in [2.05, 4.69) is 35.5 Å². The number of benzene rings is 1. The third-order valence-electron chi connectivity index (χ3n) is 2.62. The first kappa shape index (κ1) is 11.2. The first-order valence-electron chi connectivity index (χ1n) is 5.11. The Morgan fingerprint density at radius 3 is 2.56 bits per heavy atom. The standard InChI is InChI=1S/C12H15N3S/c1-15-8-14-12(11(15)7-13)9-3-5-10(16-2)6-4-9/h3-6,8H,7,13H2,1-2H3. The SMILES string of the molecule is CSc1ccc(-c2ncn(C)c2CN)cc1. The average molecular weight is 233 g/mol. The van der Waals surface area contributed by atoms with Crippen LogP contribution >= 0.6 is 11.8 Å². The van der Waals surface area contributed by atoms with Crippen molar-refractivity contribution in [1.29, 1.82) is 0 Å². The fraction of sp³-hybridized carbons (Fsp3) is 0.250. The Balaban J connectivity index is 2.42. The molecular formula is C12H15N3S. The van der Waals surface area contributed by atoms with Gasteiger partial charge in [0.2, 0.25) is 0 Å². The Labute approximate surface area is 99.7 Å². The molecule has 1 aromatic heterocycles. The molecule has 0 atom stereocenters. The number of thioether (sulfide) groups is 1. The van der Waals surface area contributed by atoms with Crippen molar-refractivity contribution < 1.29 is 0 Å². The Bertz CT molecular complexity index is 474. The van der Waals surface area contributed by atoms with E-state index < -0.39 is 0 Å². The largest absolute Gasteiger partial charge is 0.336 e. The summed E-state index contributed by atoms with van der Waals surface area (Å²) in [6.07, 6.45) is 3.88. The van der Waals surface area contributed by atoms with E-state index in [1.54, 1.807) is 18.1 Å². The topological polar surface area (TPSA) is 43.8 Å². The zero-order valence-electron chi connectivity index (χ0n) is 9.47. The lowest BCUT2D eigenvalue weighted by Gasteiger charge is -2.04. The molecule has 1 aromatic carbocycles. The van der Waals surface area contributed by atoms with Crippen molar-refractivity contribution in [1.82, 2.24) is 9.55 Å². The smallest absolute Gasteiger partial charge is 0.0953 e. The molecular weight excluding hydrogens is 218 g/mol. The van der Waals surface area contributed by atoms with E-state index in [0.717, 1.165) is 17.0 Å². The van der Waals surface area contributed by atoms with Gasteiger partial charge < -0.3 is 10.3 Å². The quantitative estimate of drug-likeness (QED) is 0.827. The predicted octanol–water partition coefficient (Wildman–Crippen LogP) is 2.27. The van der Waals surface area contributed by atoms with Gasteiger partial charge >= 0.3 is 0 Å². The van der Waals surface area contributed by atoms with Crippen LogP contribution < -0.4 is 5.73 Å². The number of hydrogen-bond donors (Lipinski definition) is 1. The first-order valence-corrected chi connectivity index (χ1v) is 6.33. The minimum Gasteiger partial charge on any atom is -0.336 e. The summed E-state index contributed by atoms with van der Waals surface area (Å²) in [6, 6.07) is 8.39. The van der Waals surface area contributed by atoms with E-state index in [-0.39, 0.29) is 0 Å². The van der Waals surface area contributed by atoms with Gasteiger partial charge in [0.1, 0.15) is 0 Å². The summed E-state index contributed by atoms with van der Waals surface area (Å²) >= 11 is 1.74. The highest BCUT2D eigenvalue weighted by molar-refractivity contribution is 7.98. The molecule has 3 nitrogen and oxygen atoms in total. The van der Waals surface area contributed by atoms with Crippen LogP contribution in [0, 0.1) is 0 Å². The van der Waals surface area contributed by atoms with Crippen molar-refractivity contribution in [2.24, 2.45) is 12.8 Å². The zero-order valence-corrected chi connectivity index (χ0v) is 10.3. The van der Waals surface area contributed by atoms with Crippen LogP contribution in [0.4, 0.5) is 0 Å². The third kappa shape index (κ3) is 1.99. The van der Waals surface area contributed by atoms with Crippen LogP contribution in [0.15, 0.2) is 35.5 Å². The van der Waals surface area contributed by atoms with Crippen LogP contribution in [0.1, 0.15) is 5.69 Å². The van der Waals surface area contributed by atoms with Gasteiger partial charge in [-0.2, -0.15) is 0 Å². The van der Waals surface area contributed by atoms with Crippen LogP contribution in [0.2, 0.25) is 0 Å². The van der Waals surface area contributed by atoms with E-state index in [0.29, 0.717) is 6.54 Å². The molecule has 2 rings (SSSR count). The van der Waals surface area contributed by atoms with E-state index >= 15 is 0 Å². The molecule has 0 spiro atoms. The van der Waals surface area contributed by atoms with E-state index in [9.17, 15) is 0 Å². The molecule has 2 aromatic rings. The lowest BCUT2D eigenvalue weighted by atomic mass is 10.1. The van der Waals surface area contributed by atoms with Gasteiger partial charge in [0, 0.05) is 24.1 Å². The van der Waals surface area contributed by atoms with Crippen molar-refractivity contribution in [3.8, 4) is 11.3 Å². The molecule has 0 aliphatic carbocycles. The molecule has 4 heteroatoms. The number of rotatable bonds is 3. The summed E-state index contributed by atoms with van der Waals surface area (Å²) in [5.41, 5.74) is 8.90. The Kier molecular flexibility index (Phi) is 3.31. The van der Waals surface area contributed by atoms with Crippen LogP contribution in [-0.2, 0) is 13.6 Å². The van der Waals surface area contributed by atoms with Crippen molar-refractivity contribution >= 4 is 11.8 Å². The number of imidazole rings is 1. The van der Waals surface area contributed by atoms with Gasteiger partial charge in [0.25, 0.3) is 0 Å². The van der Waals surface area contributed by atoms with Gasteiger partial charge in [-0.05, 0) is 18.4 Å². The second-order valence-corrected chi connectivity index (χ2v) is 4.46. The molecule has 2 N–H and O–H groups in total. The maximum Gasteiger partial charge on any atom is 0.0953 e. The number of aromatic nitrogens is 2. The van der Waals surface area contributed by atoms with Crippen molar-refractivity contribution in [2.75, 3.05) is 6.26 Å². The molecule has 0 aliphatic heterocycles. The molecule has 1 heterocycles. The van der Waals surface area contributed by atoms with Crippen molar-refractivity contribution in [3.05, 3.63) is 36.3 Å². The minimum atomic E-state index is 0.510. The number of hydrogen-bond acceptors (Lipinski definition) is 3. The Morgan fingerprint density at radius 1 is 1.31 bits per heavy atom. The van der Waals surface area contributed by atoms with E-state index in [1.807, 2.05) is 11.6 Å². The van der Waals surface area contributed by atoms with Crippen LogP contribution in [-0.4, -0.2) is 15.8 Å². The van der Waals surface area contributed by atoms with Gasteiger partial charge in [-0.15, -0.1) is 11.8 Å². The Morgan fingerprint density at radius 2 is 2.00 bits per heavy atom. The molecule has 0 aliphatic rings. The normalized spacial score (nSPS) is 10.7. The monoisotopic (exact) mass is 233 g/mol. The summed E-state index contributed by atoms with van der Waals surface area (Å²) in [6.45, 7) is 0.510. The molecule has 0 amide bonds.